The molecular weight excluding hydrogens is 129 g/mol. The Balaban J connectivity index is 2.10. The molecule has 0 saturated heterocycles. The normalized spacial score (nSPS) is 24.3. The lowest BCUT2D eigenvalue weighted by Crippen LogP contribution is -2.37. The molecule has 0 radical (unpaired) electrons. The summed E-state index contributed by atoms with van der Waals surface area (Å²) in [5.74, 6) is 0.828. The van der Waals surface area contributed by atoms with Crippen molar-refractivity contribution < 1.29 is 4.39 Å². The molecule has 0 amide bonds. The van der Waals surface area contributed by atoms with Crippen molar-refractivity contribution in [3.8, 4) is 0 Å². The molecular formula is C8H16FN. The summed E-state index contributed by atoms with van der Waals surface area (Å²) in [6.07, 6.45) is 2.65. The maximum atomic E-state index is 12.0. The first kappa shape index (κ1) is 7.99. The van der Waals surface area contributed by atoms with Gasteiger partial charge in [0.1, 0.15) is 6.67 Å². The average Bonchev–Trinajstić information content (AvgIpc) is 2.68. The smallest absolute Gasteiger partial charge is 0.104 e. The van der Waals surface area contributed by atoms with Gasteiger partial charge in [-0.3, -0.25) is 0 Å². The molecule has 1 N–H and O–H groups in total. The van der Waals surface area contributed by atoms with Gasteiger partial charge >= 0.3 is 0 Å². The minimum atomic E-state index is -0.253. The van der Waals surface area contributed by atoms with Gasteiger partial charge in [-0.1, -0.05) is 0 Å². The Hall–Kier alpha value is -0.110. The molecule has 1 unspecified atom stereocenters. The van der Waals surface area contributed by atoms with Crippen LogP contribution in [0.25, 0.3) is 0 Å². The molecule has 0 spiro atoms. The molecule has 0 aromatic rings. The minimum Gasteiger partial charge on any atom is -0.309 e. The van der Waals surface area contributed by atoms with Crippen LogP contribution in [0.1, 0.15) is 26.7 Å². The van der Waals surface area contributed by atoms with E-state index >= 15 is 0 Å². The molecule has 0 heterocycles. The van der Waals surface area contributed by atoms with Crippen molar-refractivity contribution in [1.29, 1.82) is 0 Å². The zero-order valence-corrected chi connectivity index (χ0v) is 6.73. The van der Waals surface area contributed by atoms with Crippen molar-refractivity contribution in [3.05, 3.63) is 0 Å². The fourth-order valence-corrected chi connectivity index (χ4v) is 1.23. The molecule has 1 fully saturated rings. The zero-order valence-electron chi connectivity index (χ0n) is 6.73. The first-order valence-corrected chi connectivity index (χ1v) is 4.06. The number of halogens is 1. The first-order valence-electron chi connectivity index (χ1n) is 4.06. The van der Waals surface area contributed by atoms with Crippen LogP contribution in [0.4, 0.5) is 4.39 Å². The molecule has 0 aromatic carbocycles. The van der Waals surface area contributed by atoms with Gasteiger partial charge in [0, 0.05) is 12.1 Å². The van der Waals surface area contributed by atoms with Crippen LogP contribution in [-0.4, -0.2) is 18.8 Å². The Kier molecular flexibility index (Phi) is 2.66. The first-order chi connectivity index (χ1) is 4.74. The van der Waals surface area contributed by atoms with Crippen molar-refractivity contribution in [2.45, 2.75) is 38.8 Å². The second-order valence-electron chi connectivity index (χ2n) is 3.35. The van der Waals surface area contributed by atoms with Crippen LogP contribution in [-0.2, 0) is 0 Å². The molecule has 1 aliphatic carbocycles. The Morgan fingerprint density at radius 3 is 2.50 bits per heavy atom. The third-order valence-electron chi connectivity index (χ3n) is 2.11. The van der Waals surface area contributed by atoms with Gasteiger partial charge in [-0.15, -0.1) is 0 Å². The van der Waals surface area contributed by atoms with E-state index in [1.807, 2.05) is 6.92 Å². The molecule has 2 atom stereocenters. The maximum Gasteiger partial charge on any atom is 0.104 e. The van der Waals surface area contributed by atoms with E-state index in [2.05, 4.69) is 12.2 Å². The minimum absolute atomic E-state index is 0.0376. The van der Waals surface area contributed by atoms with Crippen LogP contribution in [0, 0.1) is 5.92 Å². The maximum absolute atomic E-state index is 12.0. The number of alkyl halides is 1. The highest BCUT2D eigenvalue weighted by Gasteiger charge is 2.28. The van der Waals surface area contributed by atoms with Crippen LogP contribution in [0.3, 0.4) is 0 Å². The predicted octanol–water partition coefficient (Wildman–Crippen LogP) is 1.73. The summed E-state index contributed by atoms with van der Waals surface area (Å²) in [6.45, 7) is 3.78. The summed E-state index contributed by atoms with van der Waals surface area (Å²) in [5, 5.41) is 3.22. The number of hydrogen-bond acceptors (Lipinski definition) is 1. The quantitative estimate of drug-likeness (QED) is 0.635. The van der Waals surface area contributed by atoms with Crippen LogP contribution in [0.2, 0.25) is 0 Å². The Labute approximate surface area is 62.0 Å². The lowest BCUT2D eigenvalue weighted by Gasteiger charge is -2.16. The van der Waals surface area contributed by atoms with Crippen molar-refractivity contribution in [2.75, 3.05) is 6.67 Å². The molecule has 1 aliphatic rings. The summed E-state index contributed by atoms with van der Waals surface area (Å²) < 4.78 is 12.0. The van der Waals surface area contributed by atoms with E-state index in [0.29, 0.717) is 6.04 Å². The van der Waals surface area contributed by atoms with Gasteiger partial charge in [-0.25, -0.2) is 4.39 Å². The van der Waals surface area contributed by atoms with Crippen LogP contribution < -0.4 is 5.32 Å². The third kappa shape index (κ3) is 2.25. The Morgan fingerprint density at radius 1 is 1.50 bits per heavy atom. The second-order valence-corrected chi connectivity index (χ2v) is 3.35. The average molecular weight is 145 g/mol. The zero-order chi connectivity index (χ0) is 7.56. The van der Waals surface area contributed by atoms with E-state index in [1.54, 1.807) is 0 Å². The van der Waals surface area contributed by atoms with Gasteiger partial charge in [-0.05, 0) is 32.6 Å². The van der Waals surface area contributed by atoms with E-state index < -0.39 is 0 Å². The number of nitrogens with one attached hydrogen (secondary N) is 1. The van der Waals surface area contributed by atoms with Crippen LogP contribution in [0.5, 0.6) is 0 Å². The van der Waals surface area contributed by atoms with Gasteiger partial charge in [0.2, 0.25) is 0 Å². The summed E-state index contributed by atoms with van der Waals surface area (Å²) in [4.78, 5) is 0. The van der Waals surface area contributed by atoms with E-state index in [-0.39, 0.29) is 12.7 Å². The number of rotatable bonds is 4. The van der Waals surface area contributed by atoms with E-state index in [4.69, 9.17) is 0 Å². The molecule has 1 saturated carbocycles. The Morgan fingerprint density at radius 2 is 2.10 bits per heavy atom. The topological polar surface area (TPSA) is 12.0 Å². The Bertz CT molecular complexity index is 101. The number of hydrogen-bond donors (Lipinski definition) is 1. The van der Waals surface area contributed by atoms with Gasteiger partial charge in [0.25, 0.3) is 0 Å². The fourth-order valence-electron chi connectivity index (χ4n) is 1.23. The van der Waals surface area contributed by atoms with Gasteiger partial charge in [0.15, 0.2) is 0 Å². The van der Waals surface area contributed by atoms with Gasteiger partial charge < -0.3 is 5.32 Å². The molecule has 1 rings (SSSR count). The summed E-state index contributed by atoms with van der Waals surface area (Å²) in [5.41, 5.74) is 0. The highest BCUT2D eigenvalue weighted by molar-refractivity contribution is 4.84. The van der Waals surface area contributed by atoms with Gasteiger partial charge in [0.05, 0.1) is 0 Å². The summed E-state index contributed by atoms with van der Waals surface area (Å²) >= 11 is 0. The van der Waals surface area contributed by atoms with E-state index in [1.165, 1.54) is 12.8 Å². The van der Waals surface area contributed by atoms with E-state index in [0.717, 1.165) is 5.92 Å². The molecule has 0 bridgehead atoms. The highest BCUT2D eigenvalue weighted by atomic mass is 19.1. The molecule has 10 heavy (non-hydrogen) atoms. The van der Waals surface area contributed by atoms with Crippen molar-refractivity contribution >= 4 is 0 Å². The van der Waals surface area contributed by atoms with Crippen LogP contribution in [0.15, 0.2) is 0 Å². The summed E-state index contributed by atoms with van der Waals surface area (Å²) in [6, 6.07) is 0.557. The largest absolute Gasteiger partial charge is 0.309 e. The molecule has 1 nitrogen and oxygen atoms in total. The third-order valence-corrected chi connectivity index (χ3v) is 2.11. The summed E-state index contributed by atoms with van der Waals surface area (Å²) in [7, 11) is 0. The van der Waals surface area contributed by atoms with Crippen molar-refractivity contribution in [2.24, 2.45) is 5.92 Å². The lowest BCUT2D eigenvalue weighted by molar-refractivity contribution is 0.351. The predicted molar refractivity (Wildman–Crippen MR) is 40.8 cm³/mol. The standard InChI is InChI=1S/C8H16FN/c1-6(5-9)10-7(2)8-3-4-8/h6-8,10H,3-5H2,1-2H3/t6-,7?/m0/s1. The SMILES string of the molecule is CC(N[C@@H](C)CF)C1CC1. The molecule has 0 aromatic heterocycles. The van der Waals surface area contributed by atoms with E-state index in [9.17, 15) is 4.39 Å². The second kappa shape index (κ2) is 3.33. The van der Waals surface area contributed by atoms with Crippen LogP contribution >= 0.6 is 0 Å². The van der Waals surface area contributed by atoms with Gasteiger partial charge in [-0.2, -0.15) is 0 Å². The van der Waals surface area contributed by atoms with Crippen molar-refractivity contribution in [1.82, 2.24) is 5.32 Å². The lowest BCUT2D eigenvalue weighted by atomic mass is 10.2. The monoisotopic (exact) mass is 145 g/mol. The van der Waals surface area contributed by atoms with Crippen molar-refractivity contribution in [3.63, 3.8) is 0 Å². The fraction of sp³-hybridized carbons (Fsp3) is 1.00. The molecule has 2 heteroatoms. The highest BCUT2D eigenvalue weighted by Crippen LogP contribution is 2.32. The molecule has 60 valence electrons. The molecule has 0 aliphatic heterocycles.